The van der Waals surface area contributed by atoms with Crippen LogP contribution >= 0.6 is 15.9 Å². The minimum atomic E-state index is 0.598. The standard InChI is InChI=1S/C12H11BrN2O/c1-8-3-4-9(13)5-10(8)12-11(6-16)15(2)7-14-12/h3-7H,1-2H3. The Kier molecular flexibility index (Phi) is 2.92. The normalized spacial score (nSPS) is 10.4. The van der Waals surface area contributed by atoms with Crippen LogP contribution in [0, 0.1) is 6.92 Å². The lowest BCUT2D eigenvalue weighted by atomic mass is 10.0. The minimum Gasteiger partial charge on any atom is -0.331 e. The number of nitrogens with zero attached hydrogens (tertiary/aromatic N) is 2. The molecule has 2 rings (SSSR count). The van der Waals surface area contributed by atoms with E-state index in [4.69, 9.17) is 0 Å². The Labute approximate surface area is 102 Å². The number of halogens is 1. The summed E-state index contributed by atoms with van der Waals surface area (Å²) >= 11 is 3.42. The van der Waals surface area contributed by atoms with Crippen molar-refractivity contribution >= 4 is 22.2 Å². The van der Waals surface area contributed by atoms with Crippen LogP contribution in [0.25, 0.3) is 11.3 Å². The van der Waals surface area contributed by atoms with Crippen LogP contribution in [0.2, 0.25) is 0 Å². The van der Waals surface area contributed by atoms with Gasteiger partial charge in [0, 0.05) is 17.1 Å². The summed E-state index contributed by atoms with van der Waals surface area (Å²) in [6.45, 7) is 2.00. The van der Waals surface area contributed by atoms with Gasteiger partial charge in [0.2, 0.25) is 0 Å². The highest BCUT2D eigenvalue weighted by molar-refractivity contribution is 9.10. The smallest absolute Gasteiger partial charge is 0.168 e. The summed E-state index contributed by atoms with van der Waals surface area (Å²) in [7, 11) is 1.81. The van der Waals surface area contributed by atoms with E-state index in [0.717, 1.165) is 27.6 Å². The predicted molar refractivity (Wildman–Crippen MR) is 66.5 cm³/mol. The van der Waals surface area contributed by atoms with Gasteiger partial charge in [0.15, 0.2) is 6.29 Å². The van der Waals surface area contributed by atoms with Crippen molar-refractivity contribution in [1.29, 1.82) is 0 Å². The topological polar surface area (TPSA) is 34.9 Å². The van der Waals surface area contributed by atoms with Crippen LogP contribution in [-0.4, -0.2) is 15.8 Å². The SMILES string of the molecule is Cc1ccc(Br)cc1-c1ncn(C)c1C=O. The molecular weight excluding hydrogens is 268 g/mol. The van der Waals surface area contributed by atoms with Crippen LogP contribution in [-0.2, 0) is 7.05 Å². The molecule has 1 aromatic heterocycles. The fraction of sp³-hybridized carbons (Fsp3) is 0.167. The first kappa shape index (κ1) is 11.1. The molecule has 0 aliphatic carbocycles. The first-order valence-electron chi connectivity index (χ1n) is 4.86. The Morgan fingerprint density at radius 3 is 2.88 bits per heavy atom. The van der Waals surface area contributed by atoms with Gasteiger partial charge in [-0.1, -0.05) is 22.0 Å². The maximum atomic E-state index is 11.0. The van der Waals surface area contributed by atoms with Crippen LogP contribution < -0.4 is 0 Å². The molecule has 0 aliphatic heterocycles. The number of hydrogen-bond acceptors (Lipinski definition) is 2. The Morgan fingerprint density at radius 1 is 1.44 bits per heavy atom. The van der Waals surface area contributed by atoms with E-state index in [1.165, 1.54) is 0 Å². The molecule has 2 aromatic rings. The Balaban J connectivity index is 2.66. The predicted octanol–water partition coefficient (Wildman–Crippen LogP) is 2.97. The van der Waals surface area contributed by atoms with E-state index in [9.17, 15) is 4.79 Å². The van der Waals surface area contributed by atoms with Crippen LogP contribution in [0.1, 0.15) is 16.1 Å². The summed E-state index contributed by atoms with van der Waals surface area (Å²) in [5.74, 6) is 0. The zero-order valence-corrected chi connectivity index (χ0v) is 10.7. The van der Waals surface area contributed by atoms with Crippen LogP contribution in [0.4, 0.5) is 0 Å². The van der Waals surface area contributed by atoms with E-state index >= 15 is 0 Å². The van der Waals surface area contributed by atoms with Crippen molar-refractivity contribution in [3.05, 3.63) is 40.3 Å². The average molecular weight is 279 g/mol. The van der Waals surface area contributed by atoms with Gasteiger partial charge in [0.25, 0.3) is 0 Å². The molecule has 1 heterocycles. The van der Waals surface area contributed by atoms with Crippen LogP contribution in [0.5, 0.6) is 0 Å². The molecule has 4 heteroatoms. The molecule has 0 aliphatic rings. The number of aryl methyl sites for hydroxylation is 2. The molecule has 0 saturated heterocycles. The van der Waals surface area contributed by atoms with Crippen LogP contribution in [0.15, 0.2) is 29.0 Å². The summed E-state index contributed by atoms with van der Waals surface area (Å²) in [6.07, 6.45) is 2.49. The van der Waals surface area contributed by atoms with Crippen molar-refractivity contribution in [2.24, 2.45) is 7.05 Å². The maximum absolute atomic E-state index is 11.0. The van der Waals surface area contributed by atoms with Crippen molar-refractivity contribution in [3.8, 4) is 11.3 Å². The number of imidazole rings is 1. The lowest BCUT2D eigenvalue weighted by molar-refractivity contribution is 0.111. The Bertz CT molecular complexity index is 546. The number of rotatable bonds is 2. The van der Waals surface area contributed by atoms with Gasteiger partial charge in [-0.3, -0.25) is 4.79 Å². The van der Waals surface area contributed by atoms with Gasteiger partial charge in [-0.05, 0) is 24.6 Å². The number of carbonyl (C=O) groups excluding carboxylic acids is 1. The van der Waals surface area contributed by atoms with Gasteiger partial charge >= 0.3 is 0 Å². The fourth-order valence-corrected chi connectivity index (χ4v) is 2.00. The van der Waals surface area contributed by atoms with Gasteiger partial charge in [0.05, 0.1) is 12.0 Å². The molecule has 0 atom stereocenters. The van der Waals surface area contributed by atoms with E-state index in [2.05, 4.69) is 20.9 Å². The number of aldehydes is 1. The van der Waals surface area contributed by atoms with Gasteiger partial charge in [-0.2, -0.15) is 0 Å². The van der Waals surface area contributed by atoms with Gasteiger partial charge in [-0.25, -0.2) is 4.98 Å². The molecule has 0 spiro atoms. The molecule has 16 heavy (non-hydrogen) atoms. The highest BCUT2D eigenvalue weighted by Crippen LogP contribution is 2.27. The molecule has 0 radical (unpaired) electrons. The quantitative estimate of drug-likeness (QED) is 0.792. The number of benzene rings is 1. The molecule has 3 nitrogen and oxygen atoms in total. The summed E-state index contributed by atoms with van der Waals surface area (Å²) in [5, 5.41) is 0. The molecular formula is C12H11BrN2O. The third-order valence-corrected chi connectivity index (χ3v) is 3.04. The molecule has 0 fully saturated rings. The molecule has 0 saturated carbocycles. The highest BCUT2D eigenvalue weighted by Gasteiger charge is 2.12. The zero-order valence-electron chi connectivity index (χ0n) is 9.07. The Morgan fingerprint density at radius 2 is 2.19 bits per heavy atom. The summed E-state index contributed by atoms with van der Waals surface area (Å²) in [5.41, 5.74) is 3.42. The number of hydrogen-bond donors (Lipinski definition) is 0. The minimum absolute atomic E-state index is 0.598. The van der Waals surface area contributed by atoms with E-state index < -0.39 is 0 Å². The van der Waals surface area contributed by atoms with Crippen molar-refractivity contribution in [1.82, 2.24) is 9.55 Å². The third kappa shape index (κ3) is 1.80. The number of aromatic nitrogens is 2. The Hall–Kier alpha value is -1.42. The van der Waals surface area contributed by atoms with Gasteiger partial charge < -0.3 is 4.57 Å². The second-order valence-electron chi connectivity index (χ2n) is 3.67. The van der Waals surface area contributed by atoms with Crippen molar-refractivity contribution < 1.29 is 4.79 Å². The lowest BCUT2D eigenvalue weighted by Crippen LogP contribution is -1.95. The molecule has 0 unspecified atom stereocenters. The summed E-state index contributed by atoms with van der Waals surface area (Å²) in [4.78, 5) is 15.3. The largest absolute Gasteiger partial charge is 0.331 e. The zero-order chi connectivity index (χ0) is 11.7. The van der Waals surface area contributed by atoms with Crippen molar-refractivity contribution in [3.63, 3.8) is 0 Å². The second kappa shape index (κ2) is 4.22. The lowest BCUT2D eigenvalue weighted by Gasteiger charge is -2.04. The van der Waals surface area contributed by atoms with Gasteiger partial charge in [-0.15, -0.1) is 0 Å². The first-order valence-corrected chi connectivity index (χ1v) is 5.66. The number of carbonyl (C=O) groups is 1. The average Bonchev–Trinajstić information content (AvgIpc) is 2.63. The third-order valence-electron chi connectivity index (χ3n) is 2.55. The molecule has 1 aromatic carbocycles. The summed E-state index contributed by atoms with van der Waals surface area (Å²) < 4.78 is 2.71. The molecule has 0 amide bonds. The molecule has 82 valence electrons. The van der Waals surface area contributed by atoms with E-state index in [0.29, 0.717) is 5.69 Å². The van der Waals surface area contributed by atoms with Crippen molar-refractivity contribution in [2.75, 3.05) is 0 Å². The maximum Gasteiger partial charge on any atom is 0.168 e. The van der Waals surface area contributed by atoms with Crippen molar-refractivity contribution in [2.45, 2.75) is 6.92 Å². The second-order valence-corrected chi connectivity index (χ2v) is 4.58. The van der Waals surface area contributed by atoms with E-state index in [1.54, 1.807) is 10.9 Å². The first-order chi connectivity index (χ1) is 7.63. The summed E-state index contributed by atoms with van der Waals surface area (Å²) in [6, 6.07) is 5.95. The highest BCUT2D eigenvalue weighted by atomic mass is 79.9. The van der Waals surface area contributed by atoms with E-state index in [-0.39, 0.29) is 0 Å². The van der Waals surface area contributed by atoms with Crippen LogP contribution in [0.3, 0.4) is 0 Å². The van der Waals surface area contributed by atoms with E-state index in [1.807, 2.05) is 32.2 Å². The molecule has 0 N–H and O–H groups in total. The molecule has 0 bridgehead atoms. The van der Waals surface area contributed by atoms with Gasteiger partial charge in [0.1, 0.15) is 5.69 Å². The fourth-order valence-electron chi connectivity index (χ4n) is 1.64. The monoisotopic (exact) mass is 278 g/mol.